The molecule has 0 aliphatic rings. The first kappa shape index (κ1) is 18.1. The molecule has 2 aromatic heterocycles. The topological polar surface area (TPSA) is 81.2 Å². The van der Waals surface area contributed by atoms with Crippen LogP contribution in [0, 0.1) is 0 Å². The van der Waals surface area contributed by atoms with E-state index in [0.29, 0.717) is 17.1 Å². The van der Waals surface area contributed by atoms with Crippen molar-refractivity contribution in [3.05, 3.63) is 42.2 Å². The highest BCUT2D eigenvalue weighted by molar-refractivity contribution is 7.89. The van der Waals surface area contributed by atoms with Gasteiger partial charge in [0.25, 0.3) is 0 Å². The lowest BCUT2D eigenvalue weighted by Crippen LogP contribution is -2.33. The van der Waals surface area contributed by atoms with E-state index in [4.69, 9.17) is 4.74 Å². The third-order valence-corrected chi connectivity index (χ3v) is 4.13. The number of halogens is 3. The Balaban J connectivity index is 2.22. The summed E-state index contributed by atoms with van der Waals surface area (Å²) in [5.74, 6) is -1.56. The number of rotatable bonds is 6. The molecule has 0 aromatic carbocycles. The van der Waals surface area contributed by atoms with Crippen LogP contribution in [0.5, 0.6) is 5.75 Å². The maximum Gasteiger partial charge on any atom is 0.404 e. The second-order valence-corrected chi connectivity index (χ2v) is 6.60. The lowest BCUT2D eigenvalue weighted by Gasteiger charge is -2.11. The van der Waals surface area contributed by atoms with Crippen molar-refractivity contribution < 1.29 is 26.3 Å². The molecule has 0 amide bonds. The molecule has 0 aliphatic heterocycles. The number of ether oxygens (including phenoxy) is 1. The Hall–Kier alpha value is -2.20. The molecule has 0 saturated heterocycles. The van der Waals surface area contributed by atoms with E-state index < -0.39 is 28.5 Å². The predicted octanol–water partition coefficient (Wildman–Crippen LogP) is 2.13. The number of hydrogen-bond donors (Lipinski definition) is 1. The van der Waals surface area contributed by atoms with Gasteiger partial charge in [-0.1, -0.05) is 6.07 Å². The summed E-state index contributed by atoms with van der Waals surface area (Å²) in [7, 11) is -3.09. The van der Waals surface area contributed by atoms with Gasteiger partial charge >= 0.3 is 6.18 Å². The Labute approximate surface area is 136 Å². The van der Waals surface area contributed by atoms with Gasteiger partial charge in [0.1, 0.15) is 5.75 Å². The second kappa shape index (κ2) is 7.14. The molecule has 0 saturated carbocycles. The Morgan fingerprint density at radius 3 is 2.54 bits per heavy atom. The highest BCUT2D eigenvalue weighted by Gasteiger charge is 2.34. The highest BCUT2D eigenvalue weighted by atomic mass is 32.2. The van der Waals surface area contributed by atoms with E-state index in [0.717, 1.165) is 0 Å². The summed E-state index contributed by atoms with van der Waals surface area (Å²) in [5.41, 5.74) is 1.15. The molecule has 0 aliphatic carbocycles. The first-order chi connectivity index (χ1) is 11.2. The lowest BCUT2D eigenvalue weighted by molar-refractivity contribution is -0.106. The molecule has 0 fully saturated rings. The minimum atomic E-state index is -4.81. The third kappa shape index (κ3) is 5.46. The van der Waals surface area contributed by atoms with Gasteiger partial charge in [-0.25, -0.2) is 18.1 Å². The second-order valence-electron chi connectivity index (χ2n) is 4.79. The molecular formula is C14H14F3N3O3S. The zero-order chi connectivity index (χ0) is 17.8. The van der Waals surface area contributed by atoms with Crippen LogP contribution in [0.3, 0.4) is 0 Å². The number of aromatic nitrogens is 2. The predicted molar refractivity (Wildman–Crippen MR) is 80.7 cm³/mol. The molecule has 2 heterocycles. The van der Waals surface area contributed by atoms with Gasteiger partial charge in [-0.05, 0) is 12.1 Å². The van der Waals surface area contributed by atoms with Gasteiger partial charge in [-0.15, -0.1) is 0 Å². The average molecular weight is 361 g/mol. The fourth-order valence-electron chi connectivity index (χ4n) is 1.86. The molecule has 0 atom stereocenters. The van der Waals surface area contributed by atoms with Gasteiger partial charge in [-0.3, -0.25) is 4.98 Å². The average Bonchev–Trinajstić information content (AvgIpc) is 2.51. The van der Waals surface area contributed by atoms with Crippen LogP contribution in [-0.4, -0.2) is 37.4 Å². The Kier molecular flexibility index (Phi) is 5.40. The van der Waals surface area contributed by atoms with Crippen molar-refractivity contribution in [1.82, 2.24) is 14.7 Å². The summed E-state index contributed by atoms with van der Waals surface area (Å²) < 4.78 is 66.5. The first-order valence-electron chi connectivity index (χ1n) is 6.69. The molecule has 0 bridgehead atoms. The zero-order valence-corrected chi connectivity index (χ0v) is 13.4. The van der Waals surface area contributed by atoms with Gasteiger partial charge < -0.3 is 4.74 Å². The zero-order valence-electron chi connectivity index (χ0n) is 12.5. The van der Waals surface area contributed by atoms with Crippen molar-refractivity contribution in [1.29, 1.82) is 0 Å². The smallest absolute Gasteiger partial charge is 0.404 e. The van der Waals surface area contributed by atoms with Gasteiger partial charge in [0.2, 0.25) is 10.0 Å². The summed E-state index contributed by atoms with van der Waals surface area (Å²) in [6.07, 6.45) is -3.25. The largest absolute Gasteiger partial charge is 0.497 e. The van der Waals surface area contributed by atoms with Gasteiger partial charge in [-0.2, -0.15) is 13.2 Å². The molecular weight excluding hydrogens is 347 g/mol. The van der Waals surface area contributed by atoms with E-state index >= 15 is 0 Å². The molecule has 1 N–H and O–H groups in total. The summed E-state index contributed by atoms with van der Waals surface area (Å²) >= 11 is 0. The van der Waals surface area contributed by atoms with E-state index in [9.17, 15) is 21.6 Å². The fourth-order valence-corrected chi connectivity index (χ4v) is 2.76. The van der Waals surface area contributed by atoms with Crippen molar-refractivity contribution in [2.75, 3.05) is 12.9 Å². The molecule has 0 unspecified atom stereocenters. The molecule has 0 radical (unpaired) electrons. The maximum absolute atomic E-state index is 12.2. The number of pyridine rings is 2. The highest BCUT2D eigenvalue weighted by Crippen LogP contribution is 2.22. The summed E-state index contributed by atoms with van der Waals surface area (Å²) in [6, 6.07) is 8.18. The van der Waals surface area contributed by atoms with Crippen molar-refractivity contribution >= 4 is 10.0 Å². The van der Waals surface area contributed by atoms with Gasteiger partial charge in [0.05, 0.1) is 30.7 Å². The van der Waals surface area contributed by atoms with E-state index in [1.165, 1.54) is 13.2 Å². The molecule has 6 nitrogen and oxygen atoms in total. The van der Waals surface area contributed by atoms with Crippen molar-refractivity contribution in [3.63, 3.8) is 0 Å². The molecule has 130 valence electrons. The Morgan fingerprint density at radius 1 is 1.21 bits per heavy atom. The van der Waals surface area contributed by atoms with E-state index in [-0.39, 0.29) is 5.69 Å². The van der Waals surface area contributed by atoms with Gasteiger partial charge in [0, 0.05) is 18.3 Å². The molecule has 2 aromatic rings. The van der Waals surface area contributed by atoms with Crippen molar-refractivity contribution in [3.8, 4) is 17.1 Å². The standard InChI is InChI=1S/C14H14F3N3O3S/c1-23-11-6-10(8-19-24(21,22)9-14(15,16)17)20-13(7-11)12-4-2-3-5-18-12/h2-7,19H,8-9H2,1H3. The molecule has 2 rings (SSSR count). The summed E-state index contributed by atoms with van der Waals surface area (Å²) in [4.78, 5) is 8.32. The summed E-state index contributed by atoms with van der Waals surface area (Å²) in [5, 5.41) is 0. The normalized spacial score (nSPS) is 12.2. The molecule has 24 heavy (non-hydrogen) atoms. The minimum absolute atomic E-state index is 0.209. The van der Waals surface area contributed by atoms with Crippen LogP contribution < -0.4 is 9.46 Å². The quantitative estimate of drug-likeness (QED) is 0.853. The van der Waals surface area contributed by atoms with Crippen LogP contribution >= 0.6 is 0 Å². The molecule has 0 spiro atoms. The number of methoxy groups -OCH3 is 1. The first-order valence-corrected chi connectivity index (χ1v) is 8.34. The SMILES string of the molecule is COc1cc(CNS(=O)(=O)CC(F)(F)F)nc(-c2ccccn2)c1. The number of sulfonamides is 1. The van der Waals surface area contributed by atoms with Crippen LogP contribution in [-0.2, 0) is 16.6 Å². The van der Waals surface area contributed by atoms with Crippen LogP contribution in [0.2, 0.25) is 0 Å². The Bertz CT molecular complexity index is 796. The van der Waals surface area contributed by atoms with Crippen LogP contribution in [0.25, 0.3) is 11.4 Å². The number of hydrogen-bond acceptors (Lipinski definition) is 5. The lowest BCUT2D eigenvalue weighted by atomic mass is 10.2. The number of alkyl halides is 3. The fraction of sp³-hybridized carbons (Fsp3) is 0.286. The maximum atomic E-state index is 12.2. The molecule has 10 heteroatoms. The van der Waals surface area contributed by atoms with Crippen molar-refractivity contribution in [2.45, 2.75) is 12.7 Å². The monoisotopic (exact) mass is 361 g/mol. The van der Waals surface area contributed by atoms with Gasteiger partial charge in [0.15, 0.2) is 5.75 Å². The number of nitrogens with zero attached hydrogens (tertiary/aromatic N) is 2. The minimum Gasteiger partial charge on any atom is -0.497 e. The van der Waals surface area contributed by atoms with Crippen molar-refractivity contribution in [2.24, 2.45) is 0 Å². The van der Waals surface area contributed by atoms with E-state index in [1.54, 1.807) is 30.5 Å². The van der Waals surface area contributed by atoms with E-state index in [2.05, 4.69) is 9.97 Å². The van der Waals surface area contributed by atoms with Crippen LogP contribution in [0.1, 0.15) is 5.69 Å². The van der Waals surface area contributed by atoms with Crippen LogP contribution in [0.4, 0.5) is 13.2 Å². The van der Waals surface area contributed by atoms with Crippen LogP contribution in [0.15, 0.2) is 36.5 Å². The summed E-state index contributed by atoms with van der Waals surface area (Å²) in [6.45, 7) is -0.393. The third-order valence-electron chi connectivity index (χ3n) is 2.84. The number of nitrogens with one attached hydrogen (secondary N) is 1. The Morgan fingerprint density at radius 2 is 1.96 bits per heavy atom. The van der Waals surface area contributed by atoms with E-state index in [1.807, 2.05) is 4.72 Å².